The monoisotopic (exact) mass is 202 g/mol. The van der Waals surface area contributed by atoms with Crippen molar-refractivity contribution in [3.05, 3.63) is 16.8 Å². The van der Waals surface area contributed by atoms with Crippen molar-refractivity contribution in [1.29, 1.82) is 0 Å². The standard InChI is InChI=1S/C7H10N2O3S/c8-3-6(7(10)11)9(12)5-1-2-13-4-5/h1-2,4,6,12H,3,8H2,(H,10,11)/t6-/m0/s1. The number of hydroxylamine groups is 1. The predicted molar refractivity (Wildman–Crippen MR) is 49.1 cm³/mol. The molecule has 72 valence electrons. The molecule has 1 aromatic heterocycles. The second-order valence-corrected chi connectivity index (χ2v) is 3.20. The predicted octanol–water partition coefficient (Wildman–Crippen LogP) is 0.356. The molecule has 4 N–H and O–H groups in total. The Labute approximate surface area is 79.0 Å². The summed E-state index contributed by atoms with van der Waals surface area (Å²) in [5.74, 6) is -1.14. The number of carboxylic acid groups (broad SMARTS) is 1. The summed E-state index contributed by atoms with van der Waals surface area (Å²) < 4.78 is 0. The lowest BCUT2D eigenvalue weighted by Crippen LogP contribution is -2.44. The average Bonchev–Trinajstić information content (AvgIpc) is 2.56. The van der Waals surface area contributed by atoms with Gasteiger partial charge in [-0.15, -0.1) is 0 Å². The average molecular weight is 202 g/mol. The van der Waals surface area contributed by atoms with Crippen LogP contribution in [-0.2, 0) is 4.79 Å². The van der Waals surface area contributed by atoms with Gasteiger partial charge in [-0.2, -0.15) is 11.3 Å². The summed E-state index contributed by atoms with van der Waals surface area (Å²) in [6.07, 6.45) is 0. The Balaban J connectivity index is 2.76. The zero-order valence-corrected chi connectivity index (χ0v) is 7.57. The van der Waals surface area contributed by atoms with Crippen LogP contribution < -0.4 is 10.8 Å². The highest BCUT2D eigenvalue weighted by Gasteiger charge is 2.23. The molecule has 0 bridgehead atoms. The highest BCUT2D eigenvalue weighted by atomic mass is 32.1. The quantitative estimate of drug-likeness (QED) is 0.613. The lowest BCUT2D eigenvalue weighted by Gasteiger charge is -2.21. The third-order valence-electron chi connectivity index (χ3n) is 1.57. The second-order valence-electron chi connectivity index (χ2n) is 2.42. The summed E-state index contributed by atoms with van der Waals surface area (Å²) >= 11 is 1.37. The Morgan fingerprint density at radius 2 is 2.46 bits per heavy atom. The molecule has 0 spiro atoms. The van der Waals surface area contributed by atoms with E-state index in [-0.39, 0.29) is 6.54 Å². The highest BCUT2D eigenvalue weighted by molar-refractivity contribution is 7.08. The fourth-order valence-electron chi connectivity index (χ4n) is 0.873. The van der Waals surface area contributed by atoms with Gasteiger partial charge in [0.15, 0.2) is 6.04 Å². The van der Waals surface area contributed by atoms with Gasteiger partial charge in [0.1, 0.15) is 0 Å². The third-order valence-corrected chi connectivity index (χ3v) is 2.25. The summed E-state index contributed by atoms with van der Waals surface area (Å²) in [4.78, 5) is 10.6. The van der Waals surface area contributed by atoms with E-state index in [0.717, 1.165) is 0 Å². The number of rotatable bonds is 4. The van der Waals surface area contributed by atoms with Crippen LogP contribution >= 0.6 is 11.3 Å². The van der Waals surface area contributed by atoms with E-state index in [1.165, 1.54) is 11.3 Å². The van der Waals surface area contributed by atoms with Gasteiger partial charge in [-0.3, -0.25) is 5.21 Å². The number of carboxylic acids is 1. The van der Waals surface area contributed by atoms with Gasteiger partial charge in [-0.25, -0.2) is 9.86 Å². The number of nitrogens with two attached hydrogens (primary N) is 1. The molecule has 0 aliphatic carbocycles. The number of nitrogens with zero attached hydrogens (tertiary/aromatic N) is 1. The molecule has 0 saturated heterocycles. The smallest absolute Gasteiger partial charge is 0.330 e. The Morgan fingerprint density at radius 3 is 2.85 bits per heavy atom. The largest absolute Gasteiger partial charge is 0.480 e. The van der Waals surface area contributed by atoms with Crippen LogP contribution in [-0.4, -0.2) is 28.9 Å². The van der Waals surface area contributed by atoms with Crippen LogP contribution in [0.1, 0.15) is 0 Å². The molecule has 13 heavy (non-hydrogen) atoms. The summed E-state index contributed by atoms with van der Waals surface area (Å²) in [5.41, 5.74) is 5.65. The molecule has 0 fully saturated rings. The maximum absolute atomic E-state index is 10.6. The summed E-state index contributed by atoms with van der Waals surface area (Å²) in [7, 11) is 0. The van der Waals surface area contributed by atoms with Crippen LogP contribution in [0.3, 0.4) is 0 Å². The van der Waals surface area contributed by atoms with Crippen LogP contribution in [0.25, 0.3) is 0 Å². The van der Waals surface area contributed by atoms with Gasteiger partial charge in [0, 0.05) is 11.9 Å². The first-order chi connectivity index (χ1) is 6.16. The molecular weight excluding hydrogens is 192 g/mol. The Hall–Kier alpha value is -1.11. The number of carbonyl (C=O) groups is 1. The van der Waals surface area contributed by atoms with Gasteiger partial charge in [0.05, 0.1) is 5.69 Å². The van der Waals surface area contributed by atoms with E-state index in [0.29, 0.717) is 10.8 Å². The lowest BCUT2D eigenvalue weighted by molar-refractivity contribution is -0.139. The van der Waals surface area contributed by atoms with E-state index < -0.39 is 12.0 Å². The van der Waals surface area contributed by atoms with Crippen molar-refractivity contribution in [3.8, 4) is 0 Å². The molecule has 0 radical (unpaired) electrons. The molecular formula is C7H10N2O3S. The fraction of sp³-hybridized carbons (Fsp3) is 0.286. The summed E-state index contributed by atoms with van der Waals surface area (Å²) in [5, 5.41) is 22.1. The van der Waals surface area contributed by atoms with Gasteiger partial charge in [-0.1, -0.05) is 0 Å². The third kappa shape index (κ3) is 2.18. The van der Waals surface area contributed by atoms with E-state index in [2.05, 4.69) is 0 Å². The number of hydrogen-bond donors (Lipinski definition) is 3. The topological polar surface area (TPSA) is 86.8 Å². The molecule has 1 aromatic rings. The molecule has 5 nitrogen and oxygen atoms in total. The number of anilines is 1. The molecule has 0 aromatic carbocycles. The molecule has 1 heterocycles. The van der Waals surface area contributed by atoms with E-state index in [1.54, 1.807) is 16.8 Å². The maximum atomic E-state index is 10.6. The van der Waals surface area contributed by atoms with Crippen molar-refractivity contribution in [2.75, 3.05) is 11.6 Å². The first-order valence-electron chi connectivity index (χ1n) is 3.60. The zero-order chi connectivity index (χ0) is 9.84. The van der Waals surface area contributed by atoms with Crippen molar-refractivity contribution in [1.82, 2.24) is 0 Å². The normalized spacial score (nSPS) is 12.5. The summed E-state index contributed by atoms with van der Waals surface area (Å²) in [6.45, 7) is -0.137. The first-order valence-corrected chi connectivity index (χ1v) is 4.54. The Kier molecular flexibility index (Phi) is 3.24. The van der Waals surface area contributed by atoms with Crippen LogP contribution in [0.2, 0.25) is 0 Å². The van der Waals surface area contributed by atoms with Crippen LogP contribution in [0.5, 0.6) is 0 Å². The van der Waals surface area contributed by atoms with Crippen molar-refractivity contribution in [2.45, 2.75) is 6.04 Å². The van der Waals surface area contributed by atoms with E-state index >= 15 is 0 Å². The lowest BCUT2D eigenvalue weighted by atomic mass is 10.3. The molecule has 1 rings (SSSR count). The molecule has 6 heteroatoms. The van der Waals surface area contributed by atoms with Crippen molar-refractivity contribution < 1.29 is 15.1 Å². The molecule has 0 unspecified atom stereocenters. The first kappa shape index (κ1) is 9.97. The minimum absolute atomic E-state index is 0.137. The van der Waals surface area contributed by atoms with E-state index in [9.17, 15) is 10.0 Å². The van der Waals surface area contributed by atoms with Gasteiger partial charge in [0.2, 0.25) is 0 Å². The van der Waals surface area contributed by atoms with Gasteiger partial charge in [-0.05, 0) is 11.4 Å². The Bertz CT molecular complexity index is 275. The highest BCUT2D eigenvalue weighted by Crippen LogP contribution is 2.18. The number of thiophene rings is 1. The number of hydrogen-bond acceptors (Lipinski definition) is 5. The van der Waals surface area contributed by atoms with Crippen LogP contribution in [0, 0.1) is 0 Å². The van der Waals surface area contributed by atoms with Gasteiger partial charge >= 0.3 is 5.97 Å². The van der Waals surface area contributed by atoms with Crippen molar-refractivity contribution in [3.63, 3.8) is 0 Å². The van der Waals surface area contributed by atoms with Crippen LogP contribution in [0.4, 0.5) is 5.69 Å². The zero-order valence-electron chi connectivity index (χ0n) is 6.75. The fourth-order valence-corrected chi connectivity index (χ4v) is 1.50. The second kappa shape index (κ2) is 4.22. The molecule has 0 saturated carbocycles. The van der Waals surface area contributed by atoms with Crippen molar-refractivity contribution in [2.24, 2.45) is 5.73 Å². The van der Waals surface area contributed by atoms with Crippen molar-refractivity contribution >= 4 is 23.0 Å². The molecule has 0 aliphatic heterocycles. The van der Waals surface area contributed by atoms with Gasteiger partial charge in [0.25, 0.3) is 0 Å². The minimum Gasteiger partial charge on any atom is -0.480 e. The van der Waals surface area contributed by atoms with Crippen LogP contribution in [0.15, 0.2) is 16.8 Å². The Morgan fingerprint density at radius 1 is 1.77 bits per heavy atom. The van der Waals surface area contributed by atoms with E-state index in [1.807, 2.05) is 0 Å². The minimum atomic E-state index is -1.14. The molecule has 0 aliphatic rings. The number of aliphatic carboxylic acids is 1. The molecule has 0 amide bonds. The SMILES string of the molecule is NC[C@@H](C(=O)O)N(O)c1ccsc1. The maximum Gasteiger partial charge on any atom is 0.330 e. The van der Waals surface area contributed by atoms with Gasteiger partial charge < -0.3 is 10.8 Å². The summed E-state index contributed by atoms with van der Waals surface area (Å²) in [6, 6.07) is 0.533. The van der Waals surface area contributed by atoms with E-state index in [4.69, 9.17) is 10.8 Å². The molecule has 1 atom stereocenters.